The number of nitrogens with two attached hydrogens (primary N) is 1. The number of thiophene rings is 1. The van der Waals surface area contributed by atoms with Crippen molar-refractivity contribution in [1.82, 2.24) is 0 Å². The van der Waals surface area contributed by atoms with Crippen LogP contribution in [0.4, 0.5) is 0 Å². The summed E-state index contributed by atoms with van der Waals surface area (Å²) in [6.07, 6.45) is 0.356. The van der Waals surface area contributed by atoms with E-state index in [-0.39, 0.29) is 11.8 Å². The van der Waals surface area contributed by atoms with Gasteiger partial charge in [-0.1, -0.05) is 0 Å². The molecule has 0 bridgehead atoms. The first-order valence-corrected chi connectivity index (χ1v) is 5.35. The van der Waals surface area contributed by atoms with E-state index < -0.39 is 0 Å². The first-order chi connectivity index (χ1) is 6.65. The summed E-state index contributed by atoms with van der Waals surface area (Å²) in [5, 5.41) is 1.92. The first kappa shape index (κ1) is 11.4. The van der Waals surface area contributed by atoms with Crippen molar-refractivity contribution in [2.45, 2.75) is 19.4 Å². The molecule has 1 aromatic heterocycles. The highest BCUT2D eigenvalue weighted by Crippen LogP contribution is 2.17. The number of hydrogen-bond donors (Lipinski definition) is 1. The van der Waals surface area contributed by atoms with Gasteiger partial charge in [0.2, 0.25) is 0 Å². The fourth-order valence-electron chi connectivity index (χ4n) is 1.26. The molecule has 78 valence electrons. The lowest BCUT2D eigenvalue weighted by Crippen LogP contribution is -2.28. The van der Waals surface area contributed by atoms with Gasteiger partial charge < -0.3 is 10.5 Å². The Balaban J connectivity index is 2.55. The van der Waals surface area contributed by atoms with Crippen molar-refractivity contribution in [3.63, 3.8) is 0 Å². The standard InChI is InChI=1S/C10H15NO2S/c1-7-3-4-14-10(7)9(12)5-8(11)6-13-2/h3-4,8H,5-6,11H2,1-2H3. The molecule has 0 saturated carbocycles. The monoisotopic (exact) mass is 213 g/mol. The molecule has 14 heavy (non-hydrogen) atoms. The molecule has 0 aromatic carbocycles. The van der Waals surface area contributed by atoms with Crippen molar-refractivity contribution >= 4 is 17.1 Å². The van der Waals surface area contributed by atoms with Crippen LogP contribution in [0.3, 0.4) is 0 Å². The predicted molar refractivity (Wildman–Crippen MR) is 57.9 cm³/mol. The van der Waals surface area contributed by atoms with E-state index in [1.807, 2.05) is 18.4 Å². The normalized spacial score (nSPS) is 12.8. The number of carbonyl (C=O) groups is 1. The Morgan fingerprint density at radius 1 is 1.71 bits per heavy atom. The quantitative estimate of drug-likeness (QED) is 0.756. The number of methoxy groups -OCH3 is 1. The molecule has 0 aliphatic rings. The largest absolute Gasteiger partial charge is 0.383 e. The molecule has 1 aromatic rings. The summed E-state index contributed by atoms with van der Waals surface area (Å²) < 4.78 is 4.88. The highest BCUT2D eigenvalue weighted by Gasteiger charge is 2.14. The smallest absolute Gasteiger partial charge is 0.174 e. The molecular formula is C10H15NO2S. The highest BCUT2D eigenvalue weighted by molar-refractivity contribution is 7.12. The Hall–Kier alpha value is -0.710. The molecule has 1 heterocycles. The molecule has 4 heteroatoms. The second kappa shape index (κ2) is 5.24. The topological polar surface area (TPSA) is 52.3 Å². The van der Waals surface area contributed by atoms with Gasteiger partial charge in [-0.3, -0.25) is 4.79 Å². The zero-order valence-electron chi connectivity index (χ0n) is 8.45. The average molecular weight is 213 g/mol. The van der Waals surface area contributed by atoms with E-state index in [4.69, 9.17) is 10.5 Å². The minimum atomic E-state index is -0.200. The number of ether oxygens (including phenoxy) is 1. The van der Waals surface area contributed by atoms with Crippen LogP contribution in [0.25, 0.3) is 0 Å². The molecule has 3 nitrogen and oxygen atoms in total. The SMILES string of the molecule is COCC(N)CC(=O)c1sccc1C. The Kier molecular flexibility index (Phi) is 4.25. The van der Waals surface area contributed by atoms with Crippen molar-refractivity contribution in [1.29, 1.82) is 0 Å². The van der Waals surface area contributed by atoms with Crippen LogP contribution in [0, 0.1) is 6.92 Å². The summed E-state index contributed by atoms with van der Waals surface area (Å²) in [6, 6.07) is 1.74. The van der Waals surface area contributed by atoms with Gasteiger partial charge in [-0.05, 0) is 23.9 Å². The van der Waals surface area contributed by atoms with Gasteiger partial charge in [0, 0.05) is 19.6 Å². The third-order valence-corrected chi connectivity index (χ3v) is 3.00. The fraction of sp³-hybridized carbons (Fsp3) is 0.500. The van der Waals surface area contributed by atoms with Crippen molar-refractivity contribution < 1.29 is 9.53 Å². The van der Waals surface area contributed by atoms with Gasteiger partial charge >= 0.3 is 0 Å². The van der Waals surface area contributed by atoms with Gasteiger partial charge in [-0.25, -0.2) is 0 Å². The summed E-state index contributed by atoms with van der Waals surface area (Å²) >= 11 is 1.47. The van der Waals surface area contributed by atoms with Crippen LogP contribution in [0.15, 0.2) is 11.4 Å². The van der Waals surface area contributed by atoms with E-state index in [1.165, 1.54) is 11.3 Å². The Morgan fingerprint density at radius 3 is 2.93 bits per heavy atom. The van der Waals surface area contributed by atoms with Gasteiger partial charge in [-0.15, -0.1) is 11.3 Å². The lowest BCUT2D eigenvalue weighted by atomic mass is 10.1. The van der Waals surface area contributed by atoms with Crippen molar-refractivity contribution in [2.75, 3.05) is 13.7 Å². The maximum Gasteiger partial charge on any atom is 0.174 e. The molecule has 0 amide bonds. The fourth-order valence-corrected chi connectivity index (χ4v) is 2.14. The van der Waals surface area contributed by atoms with Crippen molar-refractivity contribution in [3.05, 3.63) is 21.9 Å². The van der Waals surface area contributed by atoms with Gasteiger partial charge in [-0.2, -0.15) is 0 Å². The molecular weight excluding hydrogens is 198 g/mol. The van der Waals surface area contributed by atoms with Crippen molar-refractivity contribution in [3.8, 4) is 0 Å². The van der Waals surface area contributed by atoms with Crippen LogP contribution in [0.5, 0.6) is 0 Å². The molecule has 1 unspecified atom stereocenters. The molecule has 1 rings (SSSR count). The summed E-state index contributed by atoms with van der Waals surface area (Å²) in [7, 11) is 1.58. The Labute approximate surface area is 87.9 Å². The summed E-state index contributed by atoms with van der Waals surface area (Å²) in [6.45, 7) is 2.36. The average Bonchev–Trinajstić information content (AvgIpc) is 2.51. The number of rotatable bonds is 5. The summed E-state index contributed by atoms with van der Waals surface area (Å²) in [5.41, 5.74) is 6.73. The minimum Gasteiger partial charge on any atom is -0.383 e. The van der Waals surface area contributed by atoms with E-state index in [9.17, 15) is 4.79 Å². The zero-order chi connectivity index (χ0) is 10.6. The number of aryl methyl sites for hydroxylation is 1. The molecule has 0 saturated heterocycles. The van der Waals surface area contributed by atoms with Crippen LogP contribution in [0.2, 0.25) is 0 Å². The zero-order valence-corrected chi connectivity index (χ0v) is 9.26. The second-order valence-electron chi connectivity index (χ2n) is 3.28. The van der Waals surface area contributed by atoms with Crippen LogP contribution in [-0.2, 0) is 4.74 Å². The van der Waals surface area contributed by atoms with E-state index in [0.29, 0.717) is 13.0 Å². The molecule has 1 atom stereocenters. The summed E-state index contributed by atoms with van der Waals surface area (Å²) in [5.74, 6) is 0.113. The first-order valence-electron chi connectivity index (χ1n) is 4.47. The van der Waals surface area contributed by atoms with Crippen LogP contribution >= 0.6 is 11.3 Å². The molecule has 0 radical (unpaired) electrons. The molecule has 0 aliphatic heterocycles. The summed E-state index contributed by atoms with van der Waals surface area (Å²) in [4.78, 5) is 12.5. The minimum absolute atomic E-state index is 0.113. The van der Waals surface area contributed by atoms with Crippen molar-refractivity contribution in [2.24, 2.45) is 5.73 Å². The predicted octanol–water partition coefficient (Wildman–Crippen LogP) is 1.60. The third kappa shape index (κ3) is 2.90. The van der Waals surface area contributed by atoms with E-state index in [0.717, 1.165) is 10.4 Å². The van der Waals surface area contributed by atoms with Crippen LogP contribution < -0.4 is 5.73 Å². The molecule has 0 fully saturated rings. The number of ketones is 1. The van der Waals surface area contributed by atoms with Gasteiger partial charge in [0.25, 0.3) is 0 Å². The second-order valence-corrected chi connectivity index (χ2v) is 4.19. The Morgan fingerprint density at radius 2 is 2.43 bits per heavy atom. The number of carbonyl (C=O) groups excluding carboxylic acids is 1. The number of hydrogen-bond acceptors (Lipinski definition) is 4. The van der Waals surface area contributed by atoms with Crippen LogP contribution in [0.1, 0.15) is 21.7 Å². The maximum absolute atomic E-state index is 11.7. The van der Waals surface area contributed by atoms with E-state index >= 15 is 0 Å². The number of Topliss-reactive ketones (excluding diaryl/α,β-unsaturated/α-hetero) is 1. The van der Waals surface area contributed by atoms with Gasteiger partial charge in [0.05, 0.1) is 11.5 Å². The van der Waals surface area contributed by atoms with Gasteiger partial charge in [0.15, 0.2) is 5.78 Å². The lowest BCUT2D eigenvalue weighted by molar-refractivity contribution is 0.0952. The highest BCUT2D eigenvalue weighted by atomic mass is 32.1. The van der Waals surface area contributed by atoms with Gasteiger partial charge in [0.1, 0.15) is 0 Å². The Bertz CT molecular complexity index is 309. The van der Waals surface area contributed by atoms with E-state index in [1.54, 1.807) is 7.11 Å². The van der Waals surface area contributed by atoms with E-state index in [2.05, 4.69) is 0 Å². The van der Waals surface area contributed by atoms with Crippen LogP contribution in [-0.4, -0.2) is 25.5 Å². The third-order valence-electron chi connectivity index (χ3n) is 1.94. The lowest BCUT2D eigenvalue weighted by Gasteiger charge is -2.08. The maximum atomic E-state index is 11.7. The molecule has 0 spiro atoms. The molecule has 2 N–H and O–H groups in total. The molecule has 0 aliphatic carbocycles.